The normalized spacial score (nSPS) is 24.3. The number of rotatable bonds is 24. The Labute approximate surface area is 585 Å². The average Bonchev–Trinajstić information content (AvgIpc) is 2.09. The number of nitrogens with two attached hydrogens (primary N) is 4. The Morgan fingerprint density at radius 2 is 0.609 bits per heavy atom. The highest BCUT2D eigenvalue weighted by atomic mass is 79.9. The Bertz CT molecular complexity index is 2430. The van der Waals surface area contributed by atoms with Crippen LogP contribution in [0.1, 0.15) is 154 Å². The van der Waals surface area contributed by atoms with Crippen molar-refractivity contribution in [3.8, 4) is 0 Å². The topological polar surface area (TPSA) is 377 Å². The molecular formula is C64H106Br4N14O10. The number of nitrogens with zero attached hydrogens (tertiary/aromatic N) is 2. The van der Waals surface area contributed by atoms with Crippen LogP contribution in [-0.2, 0) is 60.8 Å². The molecule has 3 aliphatic rings. The van der Waals surface area contributed by atoms with E-state index in [2.05, 4.69) is 42.5 Å². The van der Waals surface area contributed by atoms with Crippen molar-refractivity contribution in [2.45, 2.75) is 217 Å². The largest absolute Gasteiger partial charge is 0.343 e. The number of benzene rings is 2. The Morgan fingerprint density at radius 1 is 0.359 bits per heavy atom. The minimum absolute atomic E-state index is 0. The first-order valence-electron chi connectivity index (χ1n) is 32.2. The van der Waals surface area contributed by atoms with E-state index in [0.29, 0.717) is 102 Å². The van der Waals surface area contributed by atoms with Gasteiger partial charge in [-0.3, -0.25) is 47.9 Å². The Balaban J connectivity index is 0.0000106. The number of carbonyl (C=O) groups is 10. The molecule has 0 aromatic heterocycles. The number of nitrogens with one attached hydrogen (secondary N) is 8. The van der Waals surface area contributed by atoms with Crippen LogP contribution >= 0.6 is 67.9 Å². The fourth-order valence-electron chi connectivity index (χ4n) is 11.7. The van der Waals surface area contributed by atoms with E-state index in [1.54, 1.807) is 48.5 Å². The third-order valence-electron chi connectivity index (χ3n) is 16.5. The molecule has 3 saturated heterocycles. The van der Waals surface area contributed by atoms with Crippen LogP contribution in [0.2, 0.25) is 0 Å². The maximum Gasteiger partial charge on any atom is 0.246 e. The van der Waals surface area contributed by atoms with E-state index >= 15 is 9.59 Å². The molecule has 5 rings (SSSR count). The lowest BCUT2D eigenvalue weighted by Gasteiger charge is -2.32. The van der Waals surface area contributed by atoms with Crippen molar-refractivity contribution in [2.24, 2.45) is 34.8 Å². The lowest BCUT2D eigenvalue weighted by molar-refractivity contribution is -0.143. The fourth-order valence-corrected chi connectivity index (χ4v) is 11.7. The highest BCUT2D eigenvalue weighted by molar-refractivity contribution is 8.93. The molecule has 0 radical (unpaired) electrons. The minimum Gasteiger partial charge on any atom is -0.343 e. The summed E-state index contributed by atoms with van der Waals surface area (Å²) < 4.78 is 0. The zero-order valence-electron chi connectivity index (χ0n) is 54.0. The molecule has 0 aliphatic carbocycles. The number of hydrogen-bond acceptors (Lipinski definition) is 14. The van der Waals surface area contributed by atoms with E-state index < -0.39 is 119 Å². The Kier molecular flexibility index (Phi) is 41.8. The van der Waals surface area contributed by atoms with E-state index in [4.69, 9.17) is 22.9 Å². The maximum atomic E-state index is 15.1. The van der Waals surface area contributed by atoms with Gasteiger partial charge in [0.05, 0.1) is 0 Å². The smallest absolute Gasteiger partial charge is 0.246 e. The summed E-state index contributed by atoms with van der Waals surface area (Å²) in [5.41, 5.74) is 25.0. The predicted molar refractivity (Wildman–Crippen MR) is 377 cm³/mol. The van der Waals surface area contributed by atoms with Crippen molar-refractivity contribution < 1.29 is 47.9 Å². The fraction of sp³-hybridized carbons (Fsp3) is 0.656. The summed E-state index contributed by atoms with van der Waals surface area (Å²) in [6.07, 6.45) is 5.84. The quantitative estimate of drug-likeness (QED) is 0.0672. The third-order valence-corrected chi connectivity index (χ3v) is 16.5. The first-order chi connectivity index (χ1) is 42.3. The molecule has 520 valence electrons. The summed E-state index contributed by atoms with van der Waals surface area (Å²) in [4.78, 5) is 150. The van der Waals surface area contributed by atoms with Gasteiger partial charge in [0.2, 0.25) is 59.1 Å². The van der Waals surface area contributed by atoms with Crippen LogP contribution in [0, 0.1) is 11.8 Å². The molecule has 28 heteroatoms. The minimum atomic E-state index is -1.23. The van der Waals surface area contributed by atoms with Gasteiger partial charge >= 0.3 is 0 Å². The second kappa shape index (κ2) is 45.3. The highest BCUT2D eigenvalue weighted by Crippen LogP contribution is 2.24. The van der Waals surface area contributed by atoms with Gasteiger partial charge in [-0.1, -0.05) is 88.4 Å². The highest BCUT2D eigenvalue weighted by Gasteiger charge is 2.43. The van der Waals surface area contributed by atoms with Crippen LogP contribution in [0.15, 0.2) is 60.7 Å². The number of carbonyl (C=O) groups excluding carboxylic acids is 10. The first kappa shape index (κ1) is 84.9. The van der Waals surface area contributed by atoms with Crippen LogP contribution < -0.4 is 65.5 Å². The molecule has 10 amide bonds. The summed E-state index contributed by atoms with van der Waals surface area (Å²) in [7, 11) is 0. The molecule has 0 unspecified atom stereocenters. The molecule has 2 aromatic carbocycles. The Morgan fingerprint density at radius 3 is 0.880 bits per heavy atom. The van der Waals surface area contributed by atoms with Gasteiger partial charge in [0.15, 0.2) is 0 Å². The molecule has 3 heterocycles. The number of hydrogen-bond donors (Lipinski definition) is 12. The Hall–Kier alpha value is -5.10. The van der Waals surface area contributed by atoms with Crippen LogP contribution in [0.3, 0.4) is 0 Å². The van der Waals surface area contributed by atoms with Crippen molar-refractivity contribution >= 4 is 127 Å². The van der Waals surface area contributed by atoms with Gasteiger partial charge in [-0.15, -0.1) is 67.9 Å². The summed E-state index contributed by atoms with van der Waals surface area (Å²) >= 11 is 0. The third kappa shape index (κ3) is 27.7. The van der Waals surface area contributed by atoms with E-state index in [9.17, 15) is 38.4 Å². The number of amides is 10. The number of halogens is 4. The van der Waals surface area contributed by atoms with Gasteiger partial charge in [-0.05, 0) is 165 Å². The standard InChI is InChI=1S/C64H102N14O10.4BrH/c1-41(2)37-49-59(83)69-45(25-11-15-31-65)57(81)75-51(39-43-21-7-5-8-22-43)63(87)78-36-20-30-54(78)62(86)72-48(28-14-18-34-68)56(80)74-50(38-42(3)4)60(84)70-46(26-12-16-32-66)58(82)76-52(40-44-23-9-6-10-24-44)64(88)77-35-19-29-53(77)61(85)71-47(55(79)73-49)27-13-17-33-67;;;;/h5-10,21-24,41-42,45-54H,11-20,25-40,65-68H2,1-4H3,(H,69,83)(H,70,84)(H,71,85)(H,72,86)(H,73,79)(H,74,80)(H,75,81)(H,76,82);4*1H/t45-,46-,47-,48-,49-,50-,51+,52+,53-,54-;;;;/m0..../s1. The van der Waals surface area contributed by atoms with Crippen molar-refractivity contribution in [1.82, 2.24) is 52.3 Å². The second-order valence-corrected chi connectivity index (χ2v) is 24.6. The predicted octanol–water partition coefficient (Wildman–Crippen LogP) is 3.27. The molecule has 2 aromatic rings. The lowest BCUT2D eigenvalue weighted by atomic mass is 9.99. The van der Waals surface area contributed by atoms with Crippen molar-refractivity contribution in [2.75, 3.05) is 39.3 Å². The second-order valence-electron chi connectivity index (χ2n) is 24.6. The molecule has 10 atom stereocenters. The molecule has 3 fully saturated rings. The molecule has 24 nitrogen and oxygen atoms in total. The van der Waals surface area contributed by atoms with E-state index in [-0.39, 0.29) is 157 Å². The number of unbranched alkanes of at least 4 members (excludes halogenated alkanes) is 4. The molecule has 16 N–H and O–H groups in total. The van der Waals surface area contributed by atoms with E-state index in [1.807, 2.05) is 39.8 Å². The summed E-state index contributed by atoms with van der Waals surface area (Å²) in [5.74, 6) is -6.70. The van der Waals surface area contributed by atoms with Gasteiger partial charge in [0, 0.05) is 25.9 Å². The molecular weight excluding hydrogens is 1440 g/mol. The molecule has 92 heavy (non-hydrogen) atoms. The zero-order valence-corrected chi connectivity index (χ0v) is 60.9. The lowest BCUT2D eigenvalue weighted by Crippen LogP contribution is -2.61. The number of fused-ring (bicyclic) bond motifs is 2. The summed E-state index contributed by atoms with van der Waals surface area (Å²) in [5, 5.41) is 23.2. The zero-order chi connectivity index (χ0) is 64.1. The van der Waals surface area contributed by atoms with Gasteiger partial charge in [-0.2, -0.15) is 0 Å². The van der Waals surface area contributed by atoms with Crippen LogP contribution in [0.5, 0.6) is 0 Å². The first-order valence-corrected chi connectivity index (χ1v) is 32.2. The van der Waals surface area contributed by atoms with Crippen molar-refractivity contribution in [1.29, 1.82) is 0 Å². The molecule has 0 bridgehead atoms. The van der Waals surface area contributed by atoms with Gasteiger partial charge in [0.25, 0.3) is 0 Å². The van der Waals surface area contributed by atoms with Crippen LogP contribution in [0.4, 0.5) is 0 Å². The van der Waals surface area contributed by atoms with Gasteiger partial charge in [-0.25, -0.2) is 0 Å². The molecule has 0 saturated carbocycles. The molecule has 0 spiro atoms. The summed E-state index contributed by atoms with van der Waals surface area (Å²) in [6.45, 7) is 9.01. The monoisotopic (exact) mass is 1550 g/mol. The van der Waals surface area contributed by atoms with Crippen LogP contribution in [-0.4, -0.2) is 169 Å². The van der Waals surface area contributed by atoms with E-state index in [0.717, 1.165) is 0 Å². The average molecular weight is 1550 g/mol. The summed E-state index contributed by atoms with van der Waals surface area (Å²) in [6, 6.07) is 6.26. The van der Waals surface area contributed by atoms with Crippen molar-refractivity contribution in [3.05, 3.63) is 71.8 Å². The van der Waals surface area contributed by atoms with Gasteiger partial charge < -0.3 is 75.3 Å². The van der Waals surface area contributed by atoms with Crippen molar-refractivity contribution in [3.63, 3.8) is 0 Å². The SMILES string of the molecule is Br.Br.Br.Br.CC(C)C[C@@H]1NC(=O)[C@H](CCCCN)NC(=O)[C@@H]2CCCN2C(=O)[C@@H](Cc2ccccc2)NC(=O)[C@H](CCCCN)NC(=O)[C@H](CC(C)C)NC(=O)[C@H](CCCCN)NC(=O)[C@@H]2CCCN2C(=O)[C@@H](Cc2ccccc2)NC(=O)[C@H](CCCCN)NC1=O. The van der Waals surface area contributed by atoms with E-state index in [1.165, 1.54) is 9.80 Å². The maximum absolute atomic E-state index is 15.1. The van der Waals surface area contributed by atoms with Crippen LogP contribution in [0.25, 0.3) is 0 Å². The molecule has 3 aliphatic heterocycles. The van der Waals surface area contributed by atoms with Gasteiger partial charge in [0.1, 0.15) is 60.4 Å².